The van der Waals surface area contributed by atoms with Crippen LogP contribution in [0.15, 0.2) is 24.3 Å². The highest BCUT2D eigenvalue weighted by molar-refractivity contribution is 5.46. The van der Waals surface area contributed by atoms with Gasteiger partial charge in [0.1, 0.15) is 0 Å². The van der Waals surface area contributed by atoms with Gasteiger partial charge in [-0.15, -0.1) is 0 Å². The summed E-state index contributed by atoms with van der Waals surface area (Å²) in [4.78, 5) is 0. The molecular formula is C12H20N2. The number of benzene rings is 1. The van der Waals surface area contributed by atoms with Gasteiger partial charge in [0.15, 0.2) is 0 Å². The molecule has 1 atom stereocenters. The van der Waals surface area contributed by atoms with Gasteiger partial charge in [-0.3, -0.25) is 0 Å². The summed E-state index contributed by atoms with van der Waals surface area (Å²) in [5, 5.41) is 3.46. The maximum absolute atomic E-state index is 5.84. The van der Waals surface area contributed by atoms with Crippen molar-refractivity contribution in [2.45, 2.75) is 33.4 Å². The summed E-state index contributed by atoms with van der Waals surface area (Å²) in [6, 6.07) is 8.51. The van der Waals surface area contributed by atoms with E-state index in [1.54, 1.807) is 0 Å². The minimum Gasteiger partial charge on any atom is -0.398 e. The van der Waals surface area contributed by atoms with Crippen LogP contribution in [0.1, 0.15) is 26.3 Å². The van der Waals surface area contributed by atoms with Gasteiger partial charge in [0.05, 0.1) is 0 Å². The number of anilines is 1. The summed E-state index contributed by atoms with van der Waals surface area (Å²) in [5.74, 6) is 0.653. The second kappa shape index (κ2) is 5.01. The Hall–Kier alpha value is -1.02. The third-order valence-electron chi connectivity index (χ3n) is 2.67. The molecule has 0 saturated heterocycles. The highest BCUT2D eigenvalue weighted by atomic mass is 14.9. The molecule has 78 valence electrons. The first-order chi connectivity index (χ1) is 6.61. The summed E-state index contributed by atoms with van der Waals surface area (Å²) < 4.78 is 0. The maximum atomic E-state index is 5.84. The summed E-state index contributed by atoms with van der Waals surface area (Å²) in [6.07, 6.45) is 0. The quantitative estimate of drug-likeness (QED) is 0.719. The minimum absolute atomic E-state index is 0.523. The van der Waals surface area contributed by atoms with E-state index in [9.17, 15) is 0 Å². The van der Waals surface area contributed by atoms with Crippen LogP contribution >= 0.6 is 0 Å². The molecule has 0 aliphatic heterocycles. The van der Waals surface area contributed by atoms with Gasteiger partial charge < -0.3 is 11.1 Å². The molecule has 0 fully saturated rings. The molecular weight excluding hydrogens is 172 g/mol. The Morgan fingerprint density at radius 3 is 2.43 bits per heavy atom. The molecule has 0 radical (unpaired) electrons. The largest absolute Gasteiger partial charge is 0.398 e. The SMILES string of the molecule is CC(C)C(C)NCc1ccccc1N. The number of para-hydroxylation sites is 1. The van der Waals surface area contributed by atoms with Crippen LogP contribution in [0.3, 0.4) is 0 Å². The minimum atomic E-state index is 0.523. The number of nitrogens with one attached hydrogen (secondary N) is 1. The molecule has 1 rings (SSSR count). The highest BCUT2D eigenvalue weighted by Gasteiger charge is 2.06. The van der Waals surface area contributed by atoms with Crippen molar-refractivity contribution in [1.82, 2.24) is 5.32 Å². The van der Waals surface area contributed by atoms with Crippen LogP contribution in [-0.4, -0.2) is 6.04 Å². The van der Waals surface area contributed by atoms with E-state index in [2.05, 4.69) is 32.2 Å². The van der Waals surface area contributed by atoms with Crippen LogP contribution < -0.4 is 11.1 Å². The summed E-state index contributed by atoms with van der Waals surface area (Å²) in [7, 11) is 0. The molecule has 0 bridgehead atoms. The zero-order chi connectivity index (χ0) is 10.6. The van der Waals surface area contributed by atoms with E-state index >= 15 is 0 Å². The standard InChI is InChI=1S/C12H20N2/c1-9(2)10(3)14-8-11-6-4-5-7-12(11)13/h4-7,9-10,14H,8,13H2,1-3H3. The molecule has 0 aliphatic carbocycles. The van der Waals surface area contributed by atoms with Gasteiger partial charge >= 0.3 is 0 Å². The van der Waals surface area contributed by atoms with Gasteiger partial charge in [-0.1, -0.05) is 32.0 Å². The van der Waals surface area contributed by atoms with Crippen LogP contribution in [0, 0.1) is 5.92 Å². The van der Waals surface area contributed by atoms with Gasteiger partial charge in [-0.05, 0) is 24.5 Å². The molecule has 14 heavy (non-hydrogen) atoms. The van der Waals surface area contributed by atoms with Gasteiger partial charge in [0.25, 0.3) is 0 Å². The zero-order valence-electron chi connectivity index (χ0n) is 9.25. The van der Waals surface area contributed by atoms with E-state index < -0.39 is 0 Å². The molecule has 0 amide bonds. The molecule has 0 spiro atoms. The van der Waals surface area contributed by atoms with E-state index in [0.29, 0.717) is 12.0 Å². The number of hydrogen-bond donors (Lipinski definition) is 2. The molecule has 0 heterocycles. The van der Waals surface area contributed by atoms with Crippen LogP contribution in [0.25, 0.3) is 0 Å². The van der Waals surface area contributed by atoms with E-state index in [0.717, 1.165) is 12.2 Å². The fourth-order valence-electron chi connectivity index (χ4n) is 1.20. The molecule has 0 aromatic heterocycles. The summed E-state index contributed by atoms with van der Waals surface area (Å²) >= 11 is 0. The second-order valence-electron chi connectivity index (χ2n) is 4.11. The third-order valence-corrected chi connectivity index (χ3v) is 2.67. The van der Waals surface area contributed by atoms with Crippen LogP contribution in [0.5, 0.6) is 0 Å². The van der Waals surface area contributed by atoms with Gasteiger partial charge in [-0.2, -0.15) is 0 Å². The highest BCUT2D eigenvalue weighted by Crippen LogP contribution is 2.10. The Labute approximate surface area is 86.5 Å². The molecule has 1 aromatic carbocycles. The Bertz CT molecular complexity index is 281. The van der Waals surface area contributed by atoms with Crippen LogP contribution in [-0.2, 0) is 6.54 Å². The lowest BCUT2D eigenvalue weighted by molar-refractivity contribution is 0.426. The molecule has 2 nitrogen and oxygen atoms in total. The average Bonchev–Trinajstić information content (AvgIpc) is 2.16. The van der Waals surface area contributed by atoms with E-state index in [4.69, 9.17) is 5.73 Å². The fraction of sp³-hybridized carbons (Fsp3) is 0.500. The molecule has 0 aliphatic rings. The normalized spacial score (nSPS) is 13.1. The Balaban J connectivity index is 2.50. The number of rotatable bonds is 4. The molecule has 0 saturated carbocycles. The molecule has 1 unspecified atom stereocenters. The lowest BCUT2D eigenvalue weighted by atomic mass is 10.1. The number of hydrogen-bond acceptors (Lipinski definition) is 2. The van der Waals surface area contributed by atoms with Gasteiger partial charge in [0, 0.05) is 18.3 Å². The predicted octanol–water partition coefficient (Wildman–Crippen LogP) is 2.40. The van der Waals surface area contributed by atoms with Gasteiger partial charge in [0.2, 0.25) is 0 Å². The third kappa shape index (κ3) is 3.04. The second-order valence-corrected chi connectivity index (χ2v) is 4.11. The smallest absolute Gasteiger partial charge is 0.0359 e. The Kier molecular flexibility index (Phi) is 3.96. The summed E-state index contributed by atoms with van der Waals surface area (Å²) in [5.41, 5.74) is 7.89. The number of nitrogen functional groups attached to an aromatic ring is 1. The molecule has 1 aromatic rings. The zero-order valence-corrected chi connectivity index (χ0v) is 9.25. The van der Waals surface area contributed by atoms with Crippen molar-refractivity contribution in [2.75, 3.05) is 5.73 Å². The van der Waals surface area contributed by atoms with Crippen molar-refractivity contribution < 1.29 is 0 Å². The monoisotopic (exact) mass is 192 g/mol. The predicted molar refractivity (Wildman–Crippen MR) is 62.0 cm³/mol. The van der Waals surface area contributed by atoms with Crippen molar-refractivity contribution in [2.24, 2.45) is 5.92 Å². The van der Waals surface area contributed by atoms with Crippen molar-refractivity contribution in [3.63, 3.8) is 0 Å². The van der Waals surface area contributed by atoms with Gasteiger partial charge in [-0.25, -0.2) is 0 Å². The summed E-state index contributed by atoms with van der Waals surface area (Å²) in [6.45, 7) is 7.48. The first kappa shape index (κ1) is 11.1. The van der Waals surface area contributed by atoms with E-state index in [1.807, 2.05) is 18.2 Å². The van der Waals surface area contributed by atoms with Crippen molar-refractivity contribution >= 4 is 5.69 Å². The van der Waals surface area contributed by atoms with E-state index in [1.165, 1.54) is 5.56 Å². The average molecular weight is 192 g/mol. The van der Waals surface area contributed by atoms with Crippen molar-refractivity contribution in [3.8, 4) is 0 Å². The molecule has 2 heteroatoms. The lowest BCUT2D eigenvalue weighted by Crippen LogP contribution is -2.30. The van der Waals surface area contributed by atoms with Crippen LogP contribution in [0.2, 0.25) is 0 Å². The first-order valence-electron chi connectivity index (χ1n) is 5.18. The first-order valence-corrected chi connectivity index (χ1v) is 5.18. The van der Waals surface area contributed by atoms with E-state index in [-0.39, 0.29) is 0 Å². The lowest BCUT2D eigenvalue weighted by Gasteiger charge is -2.17. The Morgan fingerprint density at radius 1 is 1.21 bits per heavy atom. The van der Waals surface area contributed by atoms with Crippen molar-refractivity contribution in [1.29, 1.82) is 0 Å². The number of nitrogens with two attached hydrogens (primary N) is 1. The topological polar surface area (TPSA) is 38.0 Å². The molecule has 3 N–H and O–H groups in total. The maximum Gasteiger partial charge on any atom is 0.0359 e. The van der Waals surface area contributed by atoms with Crippen molar-refractivity contribution in [3.05, 3.63) is 29.8 Å². The fourth-order valence-corrected chi connectivity index (χ4v) is 1.20. The Morgan fingerprint density at radius 2 is 1.86 bits per heavy atom. The van der Waals surface area contributed by atoms with Crippen LogP contribution in [0.4, 0.5) is 5.69 Å².